The van der Waals surface area contributed by atoms with Crippen molar-refractivity contribution in [3.8, 4) is 0 Å². The summed E-state index contributed by atoms with van der Waals surface area (Å²) in [4.78, 5) is 12.8. The highest BCUT2D eigenvalue weighted by atomic mass is 16.2. The molecule has 0 aromatic heterocycles. The number of hydrogen-bond acceptors (Lipinski definition) is 3. The number of nitrogens with two attached hydrogens (primary N) is 1. The molecule has 0 bridgehead atoms. The van der Waals surface area contributed by atoms with E-state index in [0.29, 0.717) is 0 Å². The molecule has 2 fully saturated rings. The van der Waals surface area contributed by atoms with Crippen molar-refractivity contribution in [3.05, 3.63) is 0 Å². The van der Waals surface area contributed by atoms with Gasteiger partial charge in [-0.15, -0.1) is 0 Å². The molecule has 5 heteroatoms. The molecule has 3 N–H and O–H groups in total. The predicted octanol–water partition coefficient (Wildman–Crippen LogP) is -0.121. The quantitative estimate of drug-likeness (QED) is 0.584. The lowest BCUT2D eigenvalue weighted by atomic mass is 10.3. The van der Waals surface area contributed by atoms with Gasteiger partial charge in [0.1, 0.15) is 0 Å². The van der Waals surface area contributed by atoms with Crippen LogP contribution in [0.1, 0.15) is 19.3 Å². The highest BCUT2D eigenvalue weighted by Gasteiger charge is 2.32. The highest BCUT2D eigenvalue weighted by molar-refractivity contribution is 5.89. The number of carbonyl (C=O) groups excluding carboxylic acids is 1. The summed E-state index contributed by atoms with van der Waals surface area (Å²) in [6, 6.07) is 0.193. The maximum Gasteiger partial charge on any atom is 0.332 e. The zero-order valence-electron chi connectivity index (χ0n) is 7.49. The van der Waals surface area contributed by atoms with E-state index in [0.717, 1.165) is 31.3 Å². The molecule has 1 saturated heterocycles. The van der Waals surface area contributed by atoms with Gasteiger partial charge >= 0.3 is 6.03 Å². The second kappa shape index (κ2) is 3.33. The SMILES string of the molecule is NC(=O)NN=C1CCN(C2CC2)C1. The Morgan fingerprint density at radius 2 is 2.38 bits per heavy atom. The van der Waals surface area contributed by atoms with Crippen LogP contribution in [0.2, 0.25) is 0 Å². The van der Waals surface area contributed by atoms with Gasteiger partial charge in [0.25, 0.3) is 0 Å². The molecule has 1 heterocycles. The summed E-state index contributed by atoms with van der Waals surface area (Å²) >= 11 is 0. The minimum Gasteiger partial charge on any atom is -0.350 e. The van der Waals surface area contributed by atoms with E-state index in [2.05, 4.69) is 15.4 Å². The Morgan fingerprint density at radius 1 is 1.62 bits per heavy atom. The van der Waals surface area contributed by atoms with E-state index in [1.54, 1.807) is 0 Å². The van der Waals surface area contributed by atoms with E-state index in [1.165, 1.54) is 12.8 Å². The average molecular weight is 182 g/mol. The van der Waals surface area contributed by atoms with Crippen LogP contribution in [0.15, 0.2) is 5.10 Å². The first-order valence-corrected chi connectivity index (χ1v) is 4.60. The van der Waals surface area contributed by atoms with Gasteiger partial charge in [-0.05, 0) is 12.8 Å². The Morgan fingerprint density at radius 3 is 3.00 bits per heavy atom. The van der Waals surface area contributed by atoms with Crippen LogP contribution in [0.5, 0.6) is 0 Å². The summed E-state index contributed by atoms with van der Waals surface area (Å²) < 4.78 is 0. The van der Waals surface area contributed by atoms with Crippen molar-refractivity contribution >= 4 is 11.7 Å². The van der Waals surface area contributed by atoms with Gasteiger partial charge in [0, 0.05) is 25.6 Å². The number of rotatable bonds is 2. The van der Waals surface area contributed by atoms with Gasteiger partial charge in [0.2, 0.25) is 0 Å². The second-order valence-electron chi connectivity index (χ2n) is 3.61. The molecule has 13 heavy (non-hydrogen) atoms. The zero-order valence-corrected chi connectivity index (χ0v) is 7.49. The van der Waals surface area contributed by atoms with Gasteiger partial charge in [-0.2, -0.15) is 5.10 Å². The number of hydrazone groups is 1. The van der Waals surface area contributed by atoms with Crippen LogP contribution in [0.4, 0.5) is 4.79 Å². The standard InChI is InChI=1S/C8H14N4O/c9-8(13)11-10-6-3-4-12(5-6)7-1-2-7/h7H,1-5H2,(H3,9,11,13). The molecule has 0 aromatic carbocycles. The molecule has 0 spiro atoms. The van der Waals surface area contributed by atoms with Crippen LogP contribution in [-0.2, 0) is 0 Å². The summed E-state index contributed by atoms with van der Waals surface area (Å²) in [5.41, 5.74) is 8.21. The van der Waals surface area contributed by atoms with E-state index in [9.17, 15) is 4.79 Å². The number of urea groups is 1. The lowest BCUT2D eigenvalue weighted by Gasteiger charge is -2.10. The third-order valence-corrected chi connectivity index (χ3v) is 2.46. The molecule has 0 aromatic rings. The molecule has 0 atom stereocenters. The van der Waals surface area contributed by atoms with Gasteiger partial charge < -0.3 is 5.73 Å². The molecular weight excluding hydrogens is 168 g/mol. The van der Waals surface area contributed by atoms with E-state index < -0.39 is 6.03 Å². The van der Waals surface area contributed by atoms with E-state index >= 15 is 0 Å². The number of hydrogen-bond donors (Lipinski definition) is 2. The van der Waals surface area contributed by atoms with Gasteiger partial charge in [-0.25, -0.2) is 10.2 Å². The molecule has 2 amide bonds. The first-order chi connectivity index (χ1) is 6.25. The smallest absolute Gasteiger partial charge is 0.332 e. The number of nitrogens with zero attached hydrogens (tertiary/aromatic N) is 2. The average Bonchev–Trinajstić information content (AvgIpc) is 2.83. The number of nitrogens with one attached hydrogen (secondary N) is 1. The van der Waals surface area contributed by atoms with Crippen molar-refractivity contribution in [2.24, 2.45) is 10.8 Å². The summed E-state index contributed by atoms with van der Waals surface area (Å²) in [5.74, 6) is 0. The molecule has 2 rings (SSSR count). The molecular formula is C8H14N4O. The largest absolute Gasteiger partial charge is 0.350 e. The van der Waals surface area contributed by atoms with Crippen molar-refractivity contribution in [2.45, 2.75) is 25.3 Å². The molecule has 1 aliphatic carbocycles. The molecule has 0 radical (unpaired) electrons. The fourth-order valence-electron chi connectivity index (χ4n) is 1.64. The summed E-state index contributed by atoms with van der Waals surface area (Å²) in [5, 5.41) is 3.93. The Hall–Kier alpha value is -1.10. The van der Waals surface area contributed by atoms with Gasteiger partial charge in [0.05, 0.1) is 5.71 Å². The van der Waals surface area contributed by atoms with Crippen molar-refractivity contribution in [3.63, 3.8) is 0 Å². The molecule has 0 unspecified atom stereocenters. The Bertz CT molecular complexity index is 247. The second-order valence-corrected chi connectivity index (χ2v) is 3.61. The van der Waals surface area contributed by atoms with E-state index in [-0.39, 0.29) is 0 Å². The monoisotopic (exact) mass is 182 g/mol. The van der Waals surface area contributed by atoms with Gasteiger partial charge in [-0.1, -0.05) is 0 Å². The van der Waals surface area contributed by atoms with Crippen molar-refractivity contribution < 1.29 is 4.79 Å². The van der Waals surface area contributed by atoms with Crippen LogP contribution in [-0.4, -0.2) is 35.8 Å². The molecule has 1 aliphatic heterocycles. The number of amides is 2. The first-order valence-electron chi connectivity index (χ1n) is 4.60. The molecule has 1 saturated carbocycles. The normalized spacial score (nSPS) is 26.6. The van der Waals surface area contributed by atoms with E-state index in [1.807, 2.05) is 0 Å². The number of carbonyl (C=O) groups is 1. The van der Waals surface area contributed by atoms with E-state index in [4.69, 9.17) is 5.73 Å². The first kappa shape index (κ1) is 8.50. The summed E-state index contributed by atoms with van der Waals surface area (Å²) in [6.07, 6.45) is 3.59. The Balaban J connectivity index is 1.82. The van der Waals surface area contributed by atoms with Gasteiger partial charge in [-0.3, -0.25) is 4.90 Å². The summed E-state index contributed by atoms with van der Waals surface area (Å²) in [7, 11) is 0. The van der Waals surface area contributed by atoms with Crippen LogP contribution in [0.3, 0.4) is 0 Å². The van der Waals surface area contributed by atoms with Gasteiger partial charge in [0.15, 0.2) is 0 Å². The van der Waals surface area contributed by atoms with Crippen LogP contribution in [0, 0.1) is 0 Å². The van der Waals surface area contributed by atoms with Crippen LogP contribution < -0.4 is 11.2 Å². The topological polar surface area (TPSA) is 70.7 Å². The zero-order chi connectivity index (χ0) is 9.26. The maximum atomic E-state index is 10.4. The predicted molar refractivity (Wildman–Crippen MR) is 49.4 cm³/mol. The van der Waals surface area contributed by atoms with Crippen molar-refractivity contribution in [1.29, 1.82) is 0 Å². The highest BCUT2D eigenvalue weighted by Crippen LogP contribution is 2.28. The maximum absolute atomic E-state index is 10.4. The molecule has 5 nitrogen and oxygen atoms in total. The van der Waals surface area contributed by atoms with Crippen LogP contribution in [0.25, 0.3) is 0 Å². The van der Waals surface area contributed by atoms with Crippen LogP contribution >= 0.6 is 0 Å². The van der Waals surface area contributed by atoms with Crippen molar-refractivity contribution in [2.75, 3.05) is 13.1 Å². The number of likely N-dealkylation sites (tertiary alicyclic amines) is 1. The minimum absolute atomic E-state index is 0.586. The third-order valence-electron chi connectivity index (χ3n) is 2.46. The van der Waals surface area contributed by atoms with Crippen molar-refractivity contribution in [1.82, 2.24) is 10.3 Å². The number of primary amides is 1. The lowest BCUT2D eigenvalue weighted by molar-refractivity contribution is 0.249. The third kappa shape index (κ3) is 2.18. The summed E-state index contributed by atoms with van der Waals surface area (Å²) in [6.45, 7) is 1.97. The minimum atomic E-state index is -0.586. The fraction of sp³-hybridized carbons (Fsp3) is 0.750. The fourth-order valence-corrected chi connectivity index (χ4v) is 1.64. The molecule has 2 aliphatic rings. The molecule has 72 valence electrons. The Labute approximate surface area is 77.0 Å². The lowest BCUT2D eigenvalue weighted by Crippen LogP contribution is -2.27. The Kier molecular flexibility index (Phi) is 2.18.